The van der Waals surface area contributed by atoms with E-state index in [1.165, 1.54) is 24.3 Å². The number of hydrogen-bond donors (Lipinski definition) is 4. The van der Waals surface area contributed by atoms with Crippen molar-refractivity contribution in [3.63, 3.8) is 0 Å². The minimum atomic E-state index is -4.80. The Kier molecular flexibility index (Phi) is 8.75. The van der Waals surface area contributed by atoms with Crippen LogP contribution in [0.2, 0.25) is 0 Å². The second-order valence-electron chi connectivity index (χ2n) is 7.88. The zero-order chi connectivity index (χ0) is 28.9. The van der Waals surface area contributed by atoms with Crippen molar-refractivity contribution in [1.29, 1.82) is 0 Å². The van der Waals surface area contributed by atoms with Gasteiger partial charge in [-0.3, -0.25) is 24.1 Å². The van der Waals surface area contributed by atoms with Crippen LogP contribution >= 0.6 is 11.5 Å². The lowest BCUT2D eigenvalue weighted by Crippen LogP contribution is -2.45. The number of aromatic hydroxyl groups is 1. The molecule has 1 heterocycles. The highest BCUT2D eigenvalue weighted by molar-refractivity contribution is 7.09. The molecular weight excluding hydrogens is 543 g/mol. The number of hydrogen-bond acceptors (Lipinski definition) is 9. The maximum atomic E-state index is 13.9. The van der Waals surface area contributed by atoms with E-state index >= 15 is 0 Å². The van der Waals surface area contributed by atoms with Gasteiger partial charge in [0.15, 0.2) is 5.69 Å². The van der Waals surface area contributed by atoms with Gasteiger partial charge in [-0.1, -0.05) is 18.2 Å². The number of nitrogen functional groups attached to an aromatic ring is 1. The second kappa shape index (κ2) is 11.8. The molecule has 39 heavy (non-hydrogen) atoms. The lowest BCUT2D eigenvalue weighted by Gasteiger charge is -2.31. The van der Waals surface area contributed by atoms with Gasteiger partial charge in [-0.2, -0.15) is 17.5 Å². The summed E-state index contributed by atoms with van der Waals surface area (Å²) in [5.41, 5.74) is 8.85. The summed E-state index contributed by atoms with van der Waals surface area (Å²) in [7, 11) is 0. The van der Waals surface area contributed by atoms with E-state index in [2.05, 4.69) is 9.69 Å². The van der Waals surface area contributed by atoms with Gasteiger partial charge in [0.25, 0.3) is 11.8 Å². The number of phenols is 1. The molecule has 6 N–H and O–H groups in total. The van der Waals surface area contributed by atoms with E-state index in [0.717, 1.165) is 23.1 Å². The van der Waals surface area contributed by atoms with E-state index in [1.807, 2.05) is 0 Å². The molecule has 0 saturated carbocycles. The van der Waals surface area contributed by atoms with Gasteiger partial charge in [-0.15, -0.1) is 0 Å². The minimum Gasteiger partial charge on any atom is -0.508 e. The van der Waals surface area contributed by atoms with Crippen molar-refractivity contribution in [2.75, 3.05) is 23.8 Å². The molecule has 0 aliphatic rings. The highest BCUT2D eigenvalue weighted by Crippen LogP contribution is 2.37. The minimum absolute atomic E-state index is 0.0256. The topological polar surface area (TPSA) is 178 Å². The normalized spacial score (nSPS) is 11.9. The summed E-state index contributed by atoms with van der Waals surface area (Å²) in [5.74, 6) is -4.10. The Hall–Kier alpha value is -4.66. The summed E-state index contributed by atoms with van der Waals surface area (Å²) in [6.45, 7) is 0.963. The molecule has 3 amide bonds. The van der Waals surface area contributed by atoms with Crippen molar-refractivity contribution in [3.8, 4) is 5.75 Å². The van der Waals surface area contributed by atoms with Crippen molar-refractivity contribution < 1.29 is 42.2 Å². The summed E-state index contributed by atoms with van der Waals surface area (Å²) in [6.07, 6.45) is -4.80. The maximum Gasteiger partial charge on any atom is 0.416 e. The molecule has 0 spiro atoms. The monoisotopic (exact) mass is 565 g/mol. The fraction of sp³-hybridized carbons (Fsp3) is 0.208. The molecule has 0 aliphatic heterocycles. The predicted molar refractivity (Wildman–Crippen MR) is 134 cm³/mol. The molecule has 3 aromatic rings. The Bertz CT molecular complexity index is 1390. The van der Waals surface area contributed by atoms with Crippen LogP contribution in [-0.4, -0.2) is 46.3 Å². The highest BCUT2D eigenvalue weighted by atomic mass is 32.1. The number of esters is 1. The van der Waals surface area contributed by atoms with E-state index in [9.17, 15) is 37.5 Å². The molecule has 0 fully saturated rings. The van der Waals surface area contributed by atoms with Crippen LogP contribution in [0.3, 0.4) is 0 Å². The van der Waals surface area contributed by atoms with Gasteiger partial charge in [0.1, 0.15) is 23.2 Å². The van der Waals surface area contributed by atoms with E-state index in [4.69, 9.17) is 16.2 Å². The zero-order valence-corrected chi connectivity index (χ0v) is 21.0. The van der Waals surface area contributed by atoms with Gasteiger partial charge < -0.3 is 26.6 Å². The van der Waals surface area contributed by atoms with Crippen LogP contribution in [0.1, 0.15) is 44.3 Å². The first-order chi connectivity index (χ1) is 18.3. The molecule has 3 rings (SSSR count). The van der Waals surface area contributed by atoms with Crippen LogP contribution in [-0.2, 0) is 20.5 Å². The van der Waals surface area contributed by atoms with E-state index in [0.29, 0.717) is 17.6 Å². The number of phenolic OH excluding ortho intramolecular Hbond substituents is 1. The number of amides is 3. The SMILES string of the molecule is CCOC(=O)CNC(=O)[C@H](c1ccc(O)cc1)N(C(=O)c1snc(C(N)=O)c1N)c1cccc(C(F)(F)F)c1. The van der Waals surface area contributed by atoms with Gasteiger partial charge in [0, 0.05) is 5.69 Å². The van der Waals surface area contributed by atoms with Crippen LogP contribution in [0.25, 0.3) is 0 Å². The van der Waals surface area contributed by atoms with Gasteiger partial charge >= 0.3 is 12.1 Å². The maximum absolute atomic E-state index is 13.9. The van der Waals surface area contributed by atoms with Crippen LogP contribution in [0.4, 0.5) is 24.5 Å². The average Bonchev–Trinajstić information content (AvgIpc) is 3.27. The van der Waals surface area contributed by atoms with Crippen LogP contribution < -0.4 is 21.7 Å². The smallest absolute Gasteiger partial charge is 0.416 e. The summed E-state index contributed by atoms with van der Waals surface area (Å²) in [5, 5.41) is 12.0. The molecule has 206 valence electrons. The van der Waals surface area contributed by atoms with Crippen molar-refractivity contribution in [3.05, 3.63) is 70.2 Å². The van der Waals surface area contributed by atoms with Crippen molar-refractivity contribution in [1.82, 2.24) is 9.69 Å². The Morgan fingerprint density at radius 1 is 1.15 bits per heavy atom. The van der Waals surface area contributed by atoms with Gasteiger partial charge in [-0.25, -0.2) is 0 Å². The molecule has 1 aromatic heterocycles. The van der Waals surface area contributed by atoms with E-state index in [1.54, 1.807) is 6.92 Å². The summed E-state index contributed by atoms with van der Waals surface area (Å²) < 4.78 is 49.3. The number of aromatic nitrogens is 1. The number of carbonyl (C=O) groups is 4. The van der Waals surface area contributed by atoms with Crippen molar-refractivity contribution in [2.24, 2.45) is 5.73 Å². The Balaban J connectivity index is 2.22. The van der Waals surface area contributed by atoms with Gasteiger partial charge in [0.05, 0.1) is 17.9 Å². The molecule has 15 heteroatoms. The summed E-state index contributed by atoms with van der Waals surface area (Å²) >= 11 is 0.462. The molecule has 11 nitrogen and oxygen atoms in total. The fourth-order valence-corrected chi connectivity index (χ4v) is 4.24. The average molecular weight is 566 g/mol. The van der Waals surface area contributed by atoms with Crippen LogP contribution in [0.15, 0.2) is 48.5 Å². The molecule has 0 unspecified atom stereocenters. The number of nitrogens with two attached hydrogens (primary N) is 2. The quantitative estimate of drug-likeness (QED) is 0.286. The largest absolute Gasteiger partial charge is 0.508 e. The molecule has 0 saturated heterocycles. The van der Waals surface area contributed by atoms with Gasteiger partial charge in [-0.05, 0) is 54.4 Å². The first-order valence-electron chi connectivity index (χ1n) is 11.1. The molecule has 0 bridgehead atoms. The predicted octanol–water partition coefficient (Wildman–Crippen LogP) is 2.62. The number of nitrogens with zero attached hydrogens (tertiary/aromatic N) is 2. The highest BCUT2D eigenvalue weighted by Gasteiger charge is 2.38. The number of carbonyl (C=O) groups excluding carboxylic acids is 4. The number of halogens is 3. The number of nitrogens with one attached hydrogen (secondary N) is 1. The van der Waals surface area contributed by atoms with Crippen molar-refractivity contribution in [2.45, 2.75) is 19.1 Å². The Morgan fingerprint density at radius 2 is 1.82 bits per heavy atom. The molecule has 0 radical (unpaired) electrons. The standard InChI is InChI=1S/C24H22F3N5O6S/c1-2-38-16(34)11-30-22(36)19(12-6-8-15(33)9-7-12)32(14-5-3-4-13(10-14)24(25,26)27)23(37)20-17(28)18(21(29)35)31-39-20/h3-10,19,33H,2,11,28H2,1H3,(H2,29,35)(H,30,36)/t19-/m0/s1. The third-order valence-corrected chi connectivity index (χ3v) is 6.10. The lowest BCUT2D eigenvalue weighted by atomic mass is 10.0. The molecule has 1 atom stereocenters. The molecule has 0 aliphatic carbocycles. The Labute approximate surface area is 223 Å². The van der Waals surface area contributed by atoms with Crippen molar-refractivity contribution >= 4 is 46.6 Å². The lowest BCUT2D eigenvalue weighted by molar-refractivity contribution is -0.143. The Morgan fingerprint density at radius 3 is 2.38 bits per heavy atom. The molecule has 2 aromatic carbocycles. The third kappa shape index (κ3) is 6.62. The van der Waals surface area contributed by atoms with E-state index < -0.39 is 59.4 Å². The second-order valence-corrected chi connectivity index (χ2v) is 8.65. The number of rotatable bonds is 9. The summed E-state index contributed by atoms with van der Waals surface area (Å²) in [4.78, 5) is 51.2. The number of alkyl halides is 3. The number of ether oxygens (including phenoxy) is 1. The first kappa shape index (κ1) is 28.9. The van der Waals surface area contributed by atoms with Crippen LogP contribution in [0.5, 0.6) is 5.75 Å². The summed E-state index contributed by atoms with van der Waals surface area (Å²) in [6, 6.07) is 6.86. The van der Waals surface area contributed by atoms with Crippen LogP contribution in [0, 0.1) is 0 Å². The number of primary amides is 1. The van der Waals surface area contributed by atoms with E-state index in [-0.39, 0.29) is 28.5 Å². The fourth-order valence-electron chi connectivity index (χ4n) is 3.50. The number of anilines is 2. The first-order valence-corrected chi connectivity index (χ1v) is 11.9. The zero-order valence-electron chi connectivity index (χ0n) is 20.2. The third-order valence-electron chi connectivity index (χ3n) is 5.25. The van der Waals surface area contributed by atoms with Gasteiger partial charge in [0.2, 0.25) is 5.91 Å². The number of benzene rings is 2. The molecular formula is C24H22F3N5O6S.